The number of rotatable bonds is 7. The van der Waals surface area contributed by atoms with Gasteiger partial charge in [0.05, 0.1) is 7.11 Å². The van der Waals surface area contributed by atoms with Crippen molar-refractivity contribution in [2.75, 3.05) is 20.3 Å². The summed E-state index contributed by atoms with van der Waals surface area (Å²) >= 11 is 0. The Hall–Kier alpha value is -2.49. The van der Waals surface area contributed by atoms with Crippen LogP contribution in [0.1, 0.15) is 21.5 Å². The molecule has 0 radical (unpaired) electrons. The van der Waals surface area contributed by atoms with E-state index < -0.39 is 0 Å². The van der Waals surface area contributed by atoms with E-state index in [0.29, 0.717) is 30.3 Å². The molecule has 0 heterocycles. The van der Waals surface area contributed by atoms with Crippen LogP contribution in [0.25, 0.3) is 0 Å². The zero-order chi connectivity index (χ0) is 15.9. The van der Waals surface area contributed by atoms with Crippen molar-refractivity contribution in [2.24, 2.45) is 0 Å². The molecular formula is C18H20O4. The van der Waals surface area contributed by atoms with E-state index in [1.807, 2.05) is 26.0 Å². The molecule has 4 nitrogen and oxygen atoms in total. The Kier molecular flexibility index (Phi) is 5.42. The molecule has 0 aliphatic rings. The third-order valence-electron chi connectivity index (χ3n) is 3.27. The van der Waals surface area contributed by atoms with E-state index in [2.05, 4.69) is 6.07 Å². The van der Waals surface area contributed by atoms with Gasteiger partial charge in [-0.1, -0.05) is 12.1 Å². The van der Waals surface area contributed by atoms with Gasteiger partial charge in [-0.25, -0.2) is 0 Å². The van der Waals surface area contributed by atoms with E-state index >= 15 is 0 Å². The highest BCUT2D eigenvalue weighted by atomic mass is 16.5. The minimum absolute atomic E-state index is 0.367. The second kappa shape index (κ2) is 7.50. The van der Waals surface area contributed by atoms with E-state index in [0.717, 1.165) is 23.2 Å². The number of carbonyl (C=O) groups is 1. The van der Waals surface area contributed by atoms with Crippen molar-refractivity contribution in [1.29, 1.82) is 0 Å². The first-order chi connectivity index (χ1) is 10.6. The predicted octanol–water partition coefficient (Wildman–Crippen LogP) is 3.58. The molecule has 0 unspecified atom stereocenters. The maximum atomic E-state index is 10.8. The van der Waals surface area contributed by atoms with Crippen LogP contribution in [0, 0.1) is 13.8 Å². The molecular weight excluding hydrogens is 280 g/mol. The summed E-state index contributed by atoms with van der Waals surface area (Å²) in [5.74, 6) is 1.99. The predicted molar refractivity (Wildman–Crippen MR) is 85.3 cm³/mol. The molecule has 2 rings (SSSR count). The molecule has 0 saturated carbocycles. The van der Waals surface area contributed by atoms with Gasteiger partial charge in [-0.15, -0.1) is 0 Å². The highest BCUT2D eigenvalue weighted by Gasteiger charge is 2.06. The highest BCUT2D eigenvalue weighted by Crippen LogP contribution is 2.27. The molecule has 0 N–H and O–H groups in total. The first-order valence-electron chi connectivity index (χ1n) is 7.10. The van der Waals surface area contributed by atoms with E-state index in [-0.39, 0.29) is 0 Å². The van der Waals surface area contributed by atoms with Crippen molar-refractivity contribution in [3.8, 4) is 17.2 Å². The zero-order valence-electron chi connectivity index (χ0n) is 13.1. The minimum Gasteiger partial charge on any atom is -0.493 e. The topological polar surface area (TPSA) is 44.8 Å². The molecule has 0 atom stereocenters. The summed E-state index contributed by atoms with van der Waals surface area (Å²) in [6.45, 7) is 4.82. The van der Waals surface area contributed by atoms with Crippen molar-refractivity contribution in [1.82, 2.24) is 0 Å². The van der Waals surface area contributed by atoms with E-state index in [1.54, 1.807) is 25.3 Å². The van der Waals surface area contributed by atoms with Crippen LogP contribution in [0.5, 0.6) is 17.2 Å². The van der Waals surface area contributed by atoms with Gasteiger partial charge in [-0.2, -0.15) is 0 Å². The van der Waals surface area contributed by atoms with Crippen LogP contribution in [-0.2, 0) is 0 Å². The van der Waals surface area contributed by atoms with Crippen LogP contribution in [0.4, 0.5) is 0 Å². The van der Waals surface area contributed by atoms with Crippen molar-refractivity contribution >= 4 is 6.29 Å². The molecule has 2 aromatic rings. The van der Waals surface area contributed by atoms with Gasteiger partial charge in [-0.3, -0.25) is 4.79 Å². The Morgan fingerprint density at radius 3 is 2.32 bits per heavy atom. The third-order valence-corrected chi connectivity index (χ3v) is 3.27. The lowest BCUT2D eigenvalue weighted by atomic mass is 10.1. The smallest absolute Gasteiger partial charge is 0.162 e. The van der Waals surface area contributed by atoms with Crippen LogP contribution in [-0.4, -0.2) is 26.6 Å². The normalized spacial score (nSPS) is 10.1. The number of hydrogen-bond donors (Lipinski definition) is 0. The summed E-state index contributed by atoms with van der Waals surface area (Å²) in [6, 6.07) is 11.1. The fourth-order valence-electron chi connectivity index (χ4n) is 2.05. The summed E-state index contributed by atoms with van der Waals surface area (Å²) in [7, 11) is 1.56. The molecule has 116 valence electrons. The van der Waals surface area contributed by atoms with Crippen molar-refractivity contribution in [2.45, 2.75) is 13.8 Å². The number of carbonyl (C=O) groups excluding carboxylic acids is 1. The van der Waals surface area contributed by atoms with Crippen molar-refractivity contribution in [3.05, 3.63) is 53.1 Å². The van der Waals surface area contributed by atoms with Gasteiger partial charge in [0.15, 0.2) is 11.5 Å². The summed E-state index contributed by atoms with van der Waals surface area (Å²) in [5, 5.41) is 0. The van der Waals surface area contributed by atoms with Crippen LogP contribution in [0.2, 0.25) is 0 Å². The first kappa shape index (κ1) is 15.9. The van der Waals surface area contributed by atoms with Gasteiger partial charge in [-0.05, 0) is 49.2 Å². The summed E-state index contributed by atoms with van der Waals surface area (Å²) < 4.78 is 16.6. The van der Waals surface area contributed by atoms with Gasteiger partial charge in [0.2, 0.25) is 0 Å². The maximum Gasteiger partial charge on any atom is 0.162 e. The fraction of sp³-hybridized carbons (Fsp3) is 0.278. The zero-order valence-corrected chi connectivity index (χ0v) is 13.1. The third kappa shape index (κ3) is 4.01. The number of ether oxygens (including phenoxy) is 3. The second-order valence-corrected chi connectivity index (χ2v) is 4.99. The molecule has 0 bridgehead atoms. The number of aryl methyl sites for hydroxylation is 2. The molecule has 0 aromatic heterocycles. The van der Waals surface area contributed by atoms with E-state index in [1.165, 1.54) is 0 Å². The SMILES string of the molecule is COc1ccc(C=O)cc1OCCOc1cc(C)ccc1C. The molecule has 2 aromatic carbocycles. The van der Waals surface area contributed by atoms with Gasteiger partial charge in [0, 0.05) is 5.56 Å². The Morgan fingerprint density at radius 2 is 1.64 bits per heavy atom. The number of methoxy groups -OCH3 is 1. The largest absolute Gasteiger partial charge is 0.493 e. The minimum atomic E-state index is 0.367. The maximum absolute atomic E-state index is 10.8. The Labute approximate surface area is 130 Å². The monoisotopic (exact) mass is 300 g/mol. The molecule has 0 aliphatic carbocycles. The molecule has 0 saturated heterocycles. The molecule has 0 aliphatic heterocycles. The lowest BCUT2D eigenvalue weighted by molar-refractivity contribution is 0.112. The summed E-state index contributed by atoms with van der Waals surface area (Å²) in [5.41, 5.74) is 2.79. The van der Waals surface area contributed by atoms with Crippen LogP contribution < -0.4 is 14.2 Å². The summed E-state index contributed by atoms with van der Waals surface area (Å²) in [4.78, 5) is 10.8. The van der Waals surface area contributed by atoms with Gasteiger partial charge >= 0.3 is 0 Å². The molecule has 0 spiro atoms. The van der Waals surface area contributed by atoms with Crippen LogP contribution >= 0.6 is 0 Å². The van der Waals surface area contributed by atoms with E-state index in [4.69, 9.17) is 14.2 Å². The Bertz CT molecular complexity index is 650. The molecule has 4 heteroatoms. The van der Waals surface area contributed by atoms with Crippen LogP contribution in [0.3, 0.4) is 0 Å². The van der Waals surface area contributed by atoms with Crippen molar-refractivity contribution < 1.29 is 19.0 Å². The van der Waals surface area contributed by atoms with Gasteiger partial charge in [0.1, 0.15) is 25.2 Å². The van der Waals surface area contributed by atoms with Gasteiger partial charge in [0.25, 0.3) is 0 Å². The summed E-state index contributed by atoms with van der Waals surface area (Å²) in [6.07, 6.45) is 0.777. The lowest BCUT2D eigenvalue weighted by Gasteiger charge is -2.13. The number of aldehydes is 1. The lowest BCUT2D eigenvalue weighted by Crippen LogP contribution is -2.10. The molecule has 0 amide bonds. The Balaban J connectivity index is 1.93. The number of benzene rings is 2. The number of hydrogen-bond acceptors (Lipinski definition) is 4. The van der Waals surface area contributed by atoms with Crippen LogP contribution in [0.15, 0.2) is 36.4 Å². The van der Waals surface area contributed by atoms with Crippen molar-refractivity contribution in [3.63, 3.8) is 0 Å². The fourth-order valence-corrected chi connectivity index (χ4v) is 2.05. The quantitative estimate of drug-likeness (QED) is 0.579. The average Bonchev–Trinajstić information content (AvgIpc) is 2.54. The van der Waals surface area contributed by atoms with Gasteiger partial charge < -0.3 is 14.2 Å². The molecule has 22 heavy (non-hydrogen) atoms. The highest BCUT2D eigenvalue weighted by molar-refractivity contribution is 5.76. The average molecular weight is 300 g/mol. The Morgan fingerprint density at radius 1 is 0.909 bits per heavy atom. The molecule has 0 fully saturated rings. The standard InChI is InChI=1S/C18H20O4/c1-13-4-5-14(2)17(10-13)21-8-9-22-18-11-15(12-19)6-7-16(18)20-3/h4-7,10-12H,8-9H2,1-3H3. The van der Waals surface area contributed by atoms with E-state index in [9.17, 15) is 4.79 Å². The second-order valence-electron chi connectivity index (χ2n) is 4.99. The first-order valence-corrected chi connectivity index (χ1v) is 7.10.